The first-order valence-electron chi connectivity index (χ1n) is 3.87. The third kappa shape index (κ3) is 1.64. The number of benzene rings is 1. The molecular weight excluding hydrogens is 168 g/mol. The molecule has 0 heterocycles. The molecule has 0 N–H and O–H groups in total. The van der Waals surface area contributed by atoms with E-state index in [9.17, 15) is 10.1 Å². The molecule has 0 amide bonds. The summed E-state index contributed by atoms with van der Waals surface area (Å²) in [6.45, 7) is 1.86. The van der Waals surface area contributed by atoms with Crippen molar-refractivity contribution in [3.8, 4) is 6.07 Å². The van der Waals surface area contributed by atoms with E-state index in [0.29, 0.717) is 6.42 Å². The largest absolute Gasteiger partial charge is 0.287 e. The van der Waals surface area contributed by atoms with Crippen LogP contribution in [0.2, 0.25) is 0 Å². The number of aryl methyl sites for hydroxylation is 1. The highest BCUT2D eigenvalue weighted by molar-refractivity contribution is 5.53. The van der Waals surface area contributed by atoms with E-state index in [1.165, 1.54) is 6.07 Å². The third-order valence-electron chi connectivity index (χ3n) is 1.82. The van der Waals surface area contributed by atoms with Crippen molar-refractivity contribution in [2.45, 2.75) is 13.3 Å². The minimum atomic E-state index is -0.530. The van der Waals surface area contributed by atoms with E-state index in [0.717, 1.165) is 5.56 Å². The molecule has 0 fully saturated rings. The molecule has 1 aromatic rings. The summed E-state index contributed by atoms with van der Waals surface area (Å²) in [7, 11) is 0. The highest BCUT2D eigenvalue weighted by Crippen LogP contribution is 2.21. The lowest BCUT2D eigenvalue weighted by Crippen LogP contribution is -1.95. The molecular formula is C9H8N2O2. The summed E-state index contributed by atoms with van der Waals surface area (Å²) in [6, 6.07) is 6.52. The third-order valence-corrected chi connectivity index (χ3v) is 1.82. The van der Waals surface area contributed by atoms with Crippen molar-refractivity contribution < 1.29 is 4.92 Å². The van der Waals surface area contributed by atoms with E-state index in [4.69, 9.17) is 5.26 Å². The molecule has 0 aromatic heterocycles. The van der Waals surface area contributed by atoms with Crippen LogP contribution in [0.1, 0.15) is 18.1 Å². The Balaban J connectivity index is 3.38. The Labute approximate surface area is 75.6 Å². The Hall–Kier alpha value is -1.89. The Kier molecular flexibility index (Phi) is 2.60. The van der Waals surface area contributed by atoms with Gasteiger partial charge in [0.25, 0.3) is 5.69 Å². The highest BCUT2D eigenvalue weighted by atomic mass is 16.6. The number of nitro benzene ring substituents is 1. The summed E-state index contributed by atoms with van der Waals surface area (Å²) >= 11 is 0. The Morgan fingerprint density at radius 1 is 1.62 bits per heavy atom. The van der Waals surface area contributed by atoms with Crippen LogP contribution in [0.5, 0.6) is 0 Å². The topological polar surface area (TPSA) is 66.9 Å². The molecule has 0 aliphatic rings. The zero-order valence-corrected chi connectivity index (χ0v) is 7.15. The molecule has 0 radical (unpaired) electrons. The normalized spacial score (nSPS) is 9.23. The van der Waals surface area contributed by atoms with Crippen LogP contribution in [0.15, 0.2) is 18.2 Å². The first kappa shape index (κ1) is 9.20. The van der Waals surface area contributed by atoms with E-state index >= 15 is 0 Å². The van der Waals surface area contributed by atoms with Crippen LogP contribution in [0, 0.1) is 21.4 Å². The van der Waals surface area contributed by atoms with E-state index in [-0.39, 0.29) is 11.3 Å². The van der Waals surface area contributed by atoms with Gasteiger partial charge < -0.3 is 0 Å². The van der Waals surface area contributed by atoms with Crippen LogP contribution >= 0.6 is 0 Å². The van der Waals surface area contributed by atoms with E-state index in [1.807, 2.05) is 13.0 Å². The van der Waals surface area contributed by atoms with Crippen LogP contribution < -0.4 is 0 Å². The summed E-state index contributed by atoms with van der Waals surface area (Å²) < 4.78 is 0. The summed E-state index contributed by atoms with van der Waals surface area (Å²) in [5.41, 5.74) is 0.786. The van der Waals surface area contributed by atoms with Gasteiger partial charge in [0.15, 0.2) is 0 Å². The molecule has 4 nitrogen and oxygen atoms in total. The van der Waals surface area contributed by atoms with E-state index in [2.05, 4.69) is 0 Å². The predicted molar refractivity (Wildman–Crippen MR) is 47.2 cm³/mol. The van der Waals surface area contributed by atoms with E-state index in [1.54, 1.807) is 12.1 Å². The second-order valence-corrected chi connectivity index (χ2v) is 2.53. The van der Waals surface area contributed by atoms with Crippen molar-refractivity contribution in [3.05, 3.63) is 39.4 Å². The van der Waals surface area contributed by atoms with Gasteiger partial charge in [-0.15, -0.1) is 0 Å². The maximum Gasteiger partial charge on any atom is 0.287 e. The molecule has 0 aliphatic carbocycles. The van der Waals surface area contributed by atoms with Crippen LogP contribution in [0.25, 0.3) is 0 Å². The number of rotatable bonds is 2. The summed E-state index contributed by atoms with van der Waals surface area (Å²) in [5, 5.41) is 19.2. The molecule has 0 atom stereocenters. The quantitative estimate of drug-likeness (QED) is 0.511. The van der Waals surface area contributed by atoms with Crippen molar-refractivity contribution in [2.75, 3.05) is 0 Å². The van der Waals surface area contributed by atoms with Crippen LogP contribution in [0.3, 0.4) is 0 Å². The second kappa shape index (κ2) is 3.68. The van der Waals surface area contributed by atoms with Crippen LogP contribution in [-0.4, -0.2) is 4.92 Å². The smallest absolute Gasteiger partial charge is 0.258 e. The fourth-order valence-electron chi connectivity index (χ4n) is 1.16. The number of hydrogen-bond donors (Lipinski definition) is 0. The van der Waals surface area contributed by atoms with Gasteiger partial charge in [0.2, 0.25) is 0 Å². The predicted octanol–water partition coefficient (Wildman–Crippen LogP) is 2.03. The van der Waals surface area contributed by atoms with Crippen LogP contribution in [-0.2, 0) is 6.42 Å². The molecule has 1 rings (SSSR count). The lowest BCUT2D eigenvalue weighted by molar-refractivity contribution is -0.385. The lowest BCUT2D eigenvalue weighted by Gasteiger charge is -1.99. The zero-order valence-electron chi connectivity index (χ0n) is 7.15. The zero-order chi connectivity index (χ0) is 9.84. The average Bonchev–Trinajstić information content (AvgIpc) is 2.16. The van der Waals surface area contributed by atoms with Crippen LogP contribution in [0.4, 0.5) is 5.69 Å². The molecule has 0 saturated carbocycles. The minimum absolute atomic E-state index is 0.109. The minimum Gasteiger partial charge on any atom is -0.258 e. The van der Waals surface area contributed by atoms with Gasteiger partial charge in [0, 0.05) is 6.07 Å². The maximum atomic E-state index is 10.5. The molecule has 0 saturated heterocycles. The number of nitrogens with zero attached hydrogens (tertiary/aromatic N) is 2. The molecule has 66 valence electrons. The number of nitriles is 1. The van der Waals surface area contributed by atoms with Gasteiger partial charge in [-0.2, -0.15) is 5.26 Å². The molecule has 0 aliphatic heterocycles. The standard InChI is InChI=1S/C9H8N2O2/c1-2-7-4-3-5-9(11(12)13)8(7)6-10/h3-5H,2H2,1H3. The lowest BCUT2D eigenvalue weighted by atomic mass is 10.0. The van der Waals surface area contributed by atoms with E-state index < -0.39 is 4.92 Å². The number of hydrogen-bond acceptors (Lipinski definition) is 3. The first-order chi connectivity index (χ1) is 6.20. The van der Waals surface area contributed by atoms with Gasteiger partial charge in [-0.3, -0.25) is 10.1 Å². The molecule has 4 heteroatoms. The molecule has 0 unspecified atom stereocenters. The second-order valence-electron chi connectivity index (χ2n) is 2.53. The Morgan fingerprint density at radius 3 is 2.77 bits per heavy atom. The highest BCUT2D eigenvalue weighted by Gasteiger charge is 2.15. The molecule has 0 bridgehead atoms. The number of nitro groups is 1. The fourth-order valence-corrected chi connectivity index (χ4v) is 1.16. The maximum absolute atomic E-state index is 10.5. The van der Waals surface area contributed by atoms with Gasteiger partial charge in [-0.05, 0) is 12.0 Å². The SMILES string of the molecule is CCc1cccc([N+](=O)[O-])c1C#N. The molecule has 13 heavy (non-hydrogen) atoms. The summed E-state index contributed by atoms with van der Waals surface area (Å²) in [5.74, 6) is 0. The van der Waals surface area contributed by atoms with Crippen molar-refractivity contribution >= 4 is 5.69 Å². The van der Waals surface area contributed by atoms with Gasteiger partial charge in [0.05, 0.1) is 4.92 Å². The van der Waals surface area contributed by atoms with Crippen molar-refractivity contribution in [2.24, 2.45) is 0 Å². The average molecular weight is 176 g/mol. The van der Waals surface area contributed by atoms with Crippen molar-refractivity contribution in [1.82, 2.24) is 0 Å². The molecule has 0 spiro atoms. The fraction of sp³-hybridized carbons (Fsp3) is 0.222. The van der Waals surface area contributed by atoms with Gasteiger partial charge in [-0.1, -0.05) is 19.1 Å². The van der Waals surface area contributed by atoms with Gasteiger partial charge in [-0.25, -0.2) is 0 Å². The Bertz CT molecular complexity index is 380. The monoisotopic (exact) mass is 176 g/mol. The van der Waals surface area contributed by atoms with Crippen molar-refractivity contribution in [3.63, 3.8) is 0 Å². The summed E-state index contributed by atoms with van der Waals surface area (Å²) in [6.07, 6.45) is 0.630. The first-order valence-corrected chi connectivity index (χ1v) is 3.87. The summed E-state index contributed by atoms with van der Waals surface area (Å²) in [4.78, 5) is 9.97. The Morgan fingerprint density at radius 2 is 2.31 bits per heavy atom. The molecule has 1 aromatic carbocycles. The van der Waals surface area contributed by atoms with Crippen molar-refractivity contribution in [1.29, 1.82) is 5.26 Å². The van der Waals surface area contributed by atoms with Gasteiger partial charge >= 0.3 is 0 Å². The van der Waals surface area contributed by atoms with Gasteiger partial charge in [0.1, 0.15) is 11.6 Å².